The first kappa shape index (κ1) is 42.6. The predicted molar refractivity (Wildman–Crippen MR) is 232 cm³/mol. The number of rotatable bonds is 15. The lowest BCUT2D eigenvalue weighted by molar-refractivity contribution is -0.119. The van der Waals surface area contributed by atoms with Crippen LogP contribution in [0.25, 0.3) is 0 Å². The number of benzene rings is 5. The van der Waals surface area contributed by atoms with Crippen LogP contribution in [0.1, 0.15) is 77.8 Å². The summed E-state index contributed by atoms with van der Waals surface area (Å²) in [5, 5.41) is 5.39. The fourth-order valence-electron chi connectivity index (χ4n) is 7.21. The molecule has 1 aliphatic rings. The van der Waals surface area contributed by atoms with Crippen LogP contribution in [0.2, 0.25) is 10.0 Å². The molecule has 3 amide bonds. The number of para-hydroxylation sites is 1. The summed E-state index contributed by atoms with van der Waals surface area (Å²) in [6.07, 6.45) is 0.754. The first-order valence-corrected chi connectivity index (χ1v) is 21.0. The monoisotopic (exact) mass is 838 g/mol. The second-order valence-corrected chi connectivity index (χ2v) is 17.2. The molecular formula is C46H48Cl2N4O5S. The number of carbonyl (C=O) groups is 3. The van der Waals surface area contributed by atoms with Gasteiger partial charge in [0.15, 0.2) is 0 Å². The molecule has 0 aromatic heterocycles. The molecular weight excluding hydrogens is 792 g/mol. The zero-order chi connectivity index (χ0) is 41.3. The molecule has 0 bridgehead atoms. The van der Waals surface area contributed by atoms with E-state index in [-0.39, 0.29) is 24.6 Å². The molecule has 0 aliphatic carbocycles. The van der Waals surface area contributed by atoms with Gasteiger partial charge in [-0.25, -0.2) is 9.80 Å². The highest BCUT2D eigenvalue weighted by Crippen LogP contribution is 2.49. The van der Waals surface area contributed by atoms with Crippen molar-refractivity contribution in [2.24, 2.45) is 5.73 Å². The van der Waals surface area contributed by atoms with Crippen LogP contribution < -0.4 is 21.2 Å². The second-order valence-electron chi connectivity index (χ2n) is 15.0. The van der Waals surface area contributed by atoms with E-state index in [1.165, 1.54) is 16.7 Å². The van der Waals surface area contributed by atoms with Gasteiger partial charge in [0.05, 0.1) is 33.0 Å². The lowest BCUT2D eigenvalue weighted by Gasteiger charge is -2.37. The maximum absolute atomic E-state index is 13.9. The molecule has 12 heteroatoms. The first-order chi connectivity index (χ1) is 27.9. The molecule has 302 valence electrons. The molecule has 0 fully saturated rings. The largest absolute Gasteiger partial charge is 0.492 e. The fourth-order valence-corrected chi connectivity index (χ4v) is 9.02. The highest BCUT2D eigenvalue weighted by molar-refractivity contribution is 8.00. The minimum atomic E-state index is -1.03. The average molecular weight is 840 g/mol. The number of nitrogens with two attached hydrogens (primary N) is 1. The quantitative estimate of drug-likeness (QED) is 0.0546. The van der Waals surface area contributed by atoms with Crippen LogP contribution in [-0.2, 0) is 20.7 Å². The van der Waals surface area contributed by atoms with E-state index >= 15 is 0 Å². The summed E-state index contributed by atoms with van der Waals surface area (Å²) in [6.45, 7) is 6.21. The molecule has 0 spiro atoms. The van der Waals surface area contributed by atoms with E-state index in [4.69, 9.17) is 38.4 Å². The van der Waals surface area contributed by atoms with Crippen molar-refractivity contribution < 1.29 is 23.9 Å². The number of hydrazine groups is 1. The van der Waals surface area contributed by atoms with E-state index in [1.54, 1.807) is 30.3 Å². The van der Waals surface area contributed by atoms with E-state index < -0.39 is 34.3 Å². The van der Waals surface area contributed by atoms with Gasteiger partial charge in [-0.3, -0.25) is 15.0 Å². The number of carbonyl (C=O) groups excluding carboxylic acids is 3. The summed E-state index contributed by atoms with van der Waals surface area (Å²) in [5.41, 5.74) is 13.2. The third-order valence-corrected chi connectivity index (χ3v) is 12.1. The molecule has 6 rings (SSSR count). The number of nitrogens with zero attached hydrogens (tertiary/aromatic N) is 1. The number of primary amides is 1. The SMILES string of the molecule is CC(C)(C)OC(=O)NN(CCCSC(c1ccccc1)(c1ccccc1)c1ccccc1)[C@H]1CCOc2c(C(=O)N[C@@H](Cc3ccc(Cl)c(Cl)c3)C(N)=O)cccc21. The topological polar surface area (TPSA) is 123 Å². The highest BCUT2D eigenvalue weighted by Gasteiger charge is 2.37. The van der Waals surface area contributed by atoms with Crippen LogP contribution in [0.4, 0.5) is 4.79 Å². The van der Waals surface area contributed by atoms with Crippen LogP contribution in [0.15, 0.2) is 127 Å². The Morgan fingerprint density at radius 3 is 2.00 bits per heavy atom. The number of amides is 3. The van der Waals surface area contributed by atoms with Gasteiger partial charge in [-0.1, -0.05) is 132 Å². The molecule has 0 saturated heterocycles. The van der Waals surface area contributed by atoms with Crippen LogP contribution in [0.3, 0.4) is 0 Å². The summed E-state index contributed by atoms with van der Waals surface area (Å²) in [5.74, 6) is -0.125. The Bertz CT molecular complexity index is 2090. The van der Waals surface area contributed by atoms with Crippen molar-refractivity contribution in [1.29, 1.82) is 0 Å². The van der Waals surface area contributed by atoms with Gasteiger partial charge in [0.2, 0.25) is 5.91 Å². The Morgan fingerprint density at radius 2 is 1.45 bits per heavy atom. The van der Waals surface area contributed by atoms with Crippen molar-refractivity contribution in [3.8, 4) is 5.75 Å². The molecule has 0 saturated carbocycles. The minimum Gasteiger partial charge on any atom is -0.492 e. The summed E-state index contributed by atoms with van der Waals surface area (Å²) < 4.78 is 11.4. The maximum Gasteiger partial charge on any atom is 0.422 e. The van der Waals surface area contributed by atoms with Crippen molar-refractivity contribution in [3.63, 3.8) is 0 Å². The van der Waals surface area contributed by atoms with Gasteiger partial charge in [0.1, 0.15) is 17.4 Å². The average Bonchev–Trinajstić information content (AvgIpc) is 3.21. The second kappa shape index (κ2) is 19.2. The molecule has 0 radical (unpaired) electrons. The maximum atomic E-state index is 13.9. The molecule has 1 heterocycles. The van der Waals surface area contributed by atoms with Gasteiger partial charge >= 0.3 is 6.09 Å². The van der Waals surface area contributed by atoms with Crippen molar-refractivity contribution in [2.45, 2.75) is 62.5 Å². The summed E-state index contributed by atoms with van der Waals surface area (Å²) >= 11 is 14.1. The zero-order valence-electron chi connectivity index (χ0n) is 32.8. The third kappa shape index (κ3) is 10.3. The first-order valence-electron chi connectivity index (χ1n) is 19.2. The number of hydrogen-bond acceptors (Lipinski definition) is 7. The summed E-state index contributed by atoms with van der Waals surface area (Å²) in [4.78, 5) is 39.8. The molecule has 58 heavy (non-hydrogen) atoms. The van der Waals surface area contributed by atoms with Gasteiger partial charge < -0.3 is 20.5 Å². The third-order valence-electron chi connectivity index (χ3n) is 9.77. The number of fused-ring (bicyclic) bond motifs is 1. The number of thioether (sulfide) groups is 1. The molecule has 5 aromatic rings. The standard InChI is InChI=1S/C46H48Cl2N4O5S/c1-45(2,3)57-44(55)51-52(26-14-28-58-46(32-15-7-4-8-16-32,33-17-9-5-10-18-33)34-19-11-6-12-20-34)40-25-27-56-41-35(40)21-13-22-36(41)43(54)50-39(42(49)53)30-31-23-24-37(47)38(48)29-31/h4-13,15-24,29,39-40H,14,25-28,30H2,1-3H3,(H2,49,53)(H,50,54)(H,51,55)/t39-,40-/m0/s1. The van der Waals surface area contributed by atoms with E-state index in [2.05, 4.69) is 83.5 Å². The number of ether oxygens (including phenoxy) is 2. The number of nitrogens with one attached hydrogen (secondary N) is 2. The minimum absolute atomic E-state index is 0.113. The zero-order valence-corrected chi connectivity index (χ0v) is 35.1. The molecule has 9 nitrogen and oxygen atoms in total. The Kier molecular flexibility index (Phi) is 14.1. The smallest absolute Gasteiger partial charge is 0.422 e. The van der Waals surface area contributed by atoms with Crippen molar-refractivity contribution >= 4 is 52.9 Å². The molecule has 0 unspecified atom stereocenters. The van der Waals surface area contributed by atoms with Crippen LogP contribution in [0, 0.1) is 0 Å². The Balaban J connectivity index is 1.26. The number of hydrogen-bond donors (Lipinski definition) is 3. The van der Waals surface area contributed by atoms with Crippen molar-refractivity contribution in [3.05, 3.63) is 171 Å². The molecule has 4 N–H and O–H groups in total. The normalized spacial score (nSPS) is 14.5. The fraction of sp³-hybridized carbons (Fsp3) is 0.283. The highest BCUT2D eigenvalue weighted by atomic mass is 35.5. The van der Waals surface area contributed by atoms with Gasteiger partial charge in [-0.05, 0) is 73.4 Å². The number of halogens is 2. The Labute approximate surface area is 354 Å². The lowest BCUT2D eigenvalue weighted by Crippen LogP contribution is -2.48. The predicted octanol–water partition coefficient (Wildman–Crippen LogP) is 9.50. The lowest BCUT2D eigenvalue weighted by atomic mass is 9.84. The van der Waals surface area contributed by atoms with E-state index in [1.807, 2.05) is 61.8 Å². The summed E-state index contributed by atoms with van der Waals surface area (Å²) in [7, 11) is 0. The Morgan fingerprint density at radius 1 is 0.845 bits per heavy atom. The molecule has 5 aromatic carbocycles. The van der Waals surface area contributed by atoms with Crippen LogP contribution >= 0.6 is 35.0 Å². The van der Waals surface area contributed by atoms with E-state index in [0.717, 1.165) is 11.3 Å². The summed E-state index contributed by atoms with van der Waals surface area (Å²) in [6, 6.07) is 40.5. The van der Waals surface area contributed by atoms with E-state index in [0.29, 0.717) is 40.7 Å². The molecule has 2 atom stereocenters. The van der Waals surface area contributed by atoms with Crippen molar-refractivity contribution in [1.82, 2.24) is 15.8 Å². The van der Waals surface area contributed by atoms with Gasteiger partial charge in [0.25, 0.3) is 5.91 Å². The molecule has 1 aliphatic heterocycles. The van der Waals surface area contributed by atoms with Crippen LogP contribution in [-0.4, -0.2) is 53.5 Å². The van der Waals surface area contributed by atoms with E-state index in [9.17, 15) is 14.4 Å². The van der Waals surface area contributed by atoms with Crippen molar-refractivity contribution in [2.75, 3.05) is 18.9 Å². The van der Waals surface area contributed by atoms with Crippen LogP contribution in [0.5, 0.6) is 5.75 Å². The van der Waals surface area contributed by atoms with Gasteiger partial charge in [-0.15, -0.1) is 11.8 Å². The van der Waals surface area contributed by atoms with Gasteiger partial charge in [0, 0.05) is 24.9 Å². The Hall–Kier alpha value is -5.00. The van der Waals surface area contributed by atoms with Gasteiger partial charge in [-0.2, -0.15) is 0 Å².